The van der Waals surface area contributed by atoms with Gasteiger partial charge in [0.05, 0.1) is 22.2 Å². The van der Waals surface area contributed by atoms with E-state index in [1.165, 1.54) is 16.8 Å². The van der Waals surface area contributed by atoms with Crippen LogP contribution in [0.25, 0.3) is 0 Å². The average molecular weight is 287 g/mol. The monoisotopic (exact) mass is 286 g/mol. The van der Waals surface area contributed by atoms with Gasteiger partial charge in [-0.05, 0) is 25.1 Å². The van der Waals surface area contributed by atoms with Crippen LogP contribution in [0.3, 0.4) is 0 Å². The first-order valence-corrected chi connectivity index (χ1v) is 7.00. The van der Waals surface area contributed by atoms with Crippen molar-refractivity contribution in [1.82, 2.24) is 9.78 Å². The Hall–Kier alpha value is -1.20. The highest BCUT2D eigenvalue weighted by molar-refractivity contribution is 7.84. The highest BCUT2D eigenvalue weighted by atomic mass is 35.5. The largest absolute Gasteiger partial charge is 0.257 e. The Labute approximate surface area is 112 Å². The summed E-state index contributed by atoms with van der Waals surface area (Å²) in [5, 5.41) is 4.62. The molecule has 1 unspecified atom stereocenters. The van der Waals surface area contributed by atoms with E-state index in [-0.39, 0.29) is 5.75 Å². The van der Waals surface area contributed by atoms with Crippen molar-refractivity contribution in [2.75, 3.05) is 0 Å². The van der Waals surface area contributed by atoms with E-state index in [1.54, 1.807) is 19.2 Å². The fourth-order valence-electron chi connectivity index (χ4n) is 1.66. The molecular weight excluding hydrogens is 275 g/mol. The lowest BCUT2D eigenvalue weighted by Gasteiger charge is -2.02. The van der Waals surface area contributed by atoms with Crippen LogP contribution in [0.15, 0.2) is 29.2 Å². The van der Waals surface area contributed by atoms with E-state index in [0.717, 1.165) is 11.3 Å². The Kier molecular flexibility index (Phi) is 3.82. The number of benzene rings is 1. The van der Waals surface area contributed by atoms with Gasteiger partial charge >= 0.3 is 0 Å². The molecule has 0 bridgehead atoms. The van der Waals surface area contributed by atoms with Gasteiger partial charge < -0.3 is 0 Å². The van der Waals surface area contributed by atoms with Crippen LogP contribution >= 0.6 is 11.6 Å². The Bertz CT molecular complexity index is 612. The van der Waals surface area contributed by atoms with Crippen LogP contribution in [-0.4, -0.2) is 14.0 Å². The first kappa shape index (κ1) is 13.2. The number of aromatic nitrogens is 2. The molecule has 0 spiro atoms. The van der Waals surface area contributed by atoms with E-state index in [9.17, 15) is 8.60 Å². The van der Waals surface area contributed by atoms with Crippen LogP contribution in [-0.2, 0) is 23.6 Å². The number of hydrogen-bond acceptors (Lipinski definition) is 2. The lowest BCUT2D eigenvalue weighted by Crippen LogP contribution is -1.98. The normalized spacial score (nSPS) is 12.7. The van der Waals surface area contributed by atoms with Gasteiger partial charge in [-0.25, -0.2) is 4.39 Å². The van der Waals surface area contributed by atoms with Crippen molar-refractivity contribution in [2.45, 2.75) is 17.6 Å². The van der Waals surface area contributed by atoms with Crippen molar-refractivity contribution >= 4 is 22.4 Å². The summed E-state index contributed by atoms with van der Waals surface area (Å²) in [6.45, 7) is 1.81. The molecule has 0 N–H and O–H groups in total. The SMILES string of the molecule is Cc1nn(C)c(Cl)c1CS(=O)c1cccc(F)c1. The summed E-state index contributed by atoms with van der Waals surface area (Å²) in [6.07, 6.45) is 0. The first-order chi connectivity index (χ1) is 8.49. The lowest BCUT2D eigenvalue weighted by atomic mass is 10.3. The molecule has 96 valence electrons. The molecule has 1 aromatic heterocycles. The summed E-state index contributed by atoms with van der Waals surface area (Å²) < 4.78 is 26.7. The molecule has 0 fully saturated rings. The summed E-state index contributed by atoms with van der Waals surface area (Å²) in [4.78, 5) is 0.453. The predicted octanol–water partition coefficient (Wildman–Crippen LogP) is 2.83. The van der Waals surface area contributed by atoms with E-state index >= 15 is 0 Å². The van der Waals surface area contributed by atoms with E-state index in [1.807, 2.05) is 6.92 Å². The fraction of sp³-hybridized carbons (Fsp3) is 0.250. The zero-order valence-electron chi connectivity index (χ0n) is 9.98. The topological polar surface area (TPSA) is 34.9 Å². The third-order valence-electron chi connectivity index (χ3n) is 2.60. The Morgan fingerprint density at radius 1 is 1.50 bits per heavy atom. The average Bonchev–Trinajstić information content (AvgIpc) is 2.56. The third kappa shape index (κ3) is 2.62. The molecule has 18 heavy (non-hydrogen) atoms. The molecule has 3 nitrogen and oxygen atoms in total. The van der Waals surface area contributed by atoms with Gasteiger partial charge in [-0.1, -0.05) is 17.7 Å². The van der Waals surface area contributed by atoms with Gasteiger partial charge in [0.1, 0.15) is 11.0 Å². The van der Waals surface area contributed by atoms with E-state index in [0.29, 0.717) is 10.0 Å². The second-order valence-electron chi connectivity index (χ2n) is 3.93. The van der Waals surface area contributed by atoms with Gasteiger partial charge in [0.15, 0.2) is 0 Å². The predicted molar refractivity (Wildman–Crippen MR) is 69.5 cm³/mol. The smallest absolute Gasteiger partial charge is 0.131 e. The van der Waals surface area contributed by atoms with Crippen molar-refractivity contribution in [2.24, 2.45) is 7.05 Å². The van der Waals surface area contributed by atoms with E-state index in [2.05, 4.69) is 5.10 Å². The van der Waals surface area contributed by atoms with Crippen LogP contribution in [0.4, 0.5) is 4.39 Å². The highest BCUT2D eigenvalue weighted by Gasteiger charge is 2.15. The zero-order chi connectivity index (χ0) is 13.3. The maximum absolute atomic E-state index is 13.1. The molecule has 0 saturated heterocycles. The Morgan fingerprint density at radius 3 is 2.78 bits per heavy atom. The van der Waals surface area contributed by atoms with Crippen LogP contribution in [0, 0.1) is 12.7 Å². The van der Waals surface area contributed by atoms with Gasteiger partial charge in [0, 0.05) is 17.5 Å². The molecular formula is C12H12ClFN2OS. The van der Waals surface area contributed by atoms with Crippen LogP contribution in [0.5, 0.6) is 0 Å². The quantitative estimate of drug-likeness (QED) is 0.870. The molecule has 2 aromatic rings. The number of rotatable bonds is 3. The summed E-state index contributed by atoms with van der Waals surface area (Å²) in [5.74, 6) is -0.156. The summed E-state index contributed by atoms with van der Waals surface area (Å²) in [7, 11) is 0.396. The molecule has 1 heterocycles. The minimum Gasteiger partial charge on any atom is -0.257 e. The molecule has 0 amide bonds. The maximum Gasteiger partial charge on any atom is 0.131 e. The molecule has 2 rings (SSSR count). The zero-order valence-corrected chi connectivity index (χ0v) is 11.6. The first-order valence-electron chi connectivity index (χ1n) is 5.31. The number of aryl methyl sites for hydroxylation is 2. The third-order valence-corrected chi connectivity index (χ3v) is 4.41. The molecule has 1 aromatic carbocycles. The van der Waals surface area contributed by atoms with Crippen molar-refractivity contribution in [3.8, 4) is 0 Å². The minimum atomic E-state index is -1.33. The summed E-state index contributed by atoms with van der Waals surface area (Å²) in [6, 6.07) is 5.78. The van der Waals surface area contributed by atoms with Gasteiger partial charge in [0.2, 0.25) is 0 Å². The Balaban J connectivity index is 2.27. The lowest BCUT2D eigenvalue weighted by molar-refractivity contribution is 0.622. The van der Waals surface area contributed by atoms with E-state index < -0.39 is 16.6 Å². The molecule has 0 aliphatic rings. The van der Waals surface area contributed by atoms with Crippen molar-refractivity contribution < 1.29 is 8.60 Å². The fourth-order valence-corrected chi connectivity index (χ4v) is 3.23. The number of nitrogens with zero attached hydrogens (tertiary/aromatic N) is 2. The molecule has 0 saturated carbocycles. The van der Waals surface area contributed by atoms with Crippen LogP contribution in [0.1, 0.15) is 11.3 Å². The van der Waals surface area contributed by atoms with E-state index in [4.69, 9.17) is 11.6 Å². The molecule has 1 atom stereocenters. The maximum atomic E-state index is 13.1. The second kappa shape index (κ2) is 5.20. The molecule has 0 aliphatic heterocycles. The summed E-state index contributed by atoms with van der Waals surface area (Å²) in [5.41, 5.74) is 1.48. The van der Waals surface area contributed by atoms with Crippen LogP contribution in [0.2, 0.25) is 5.15 Å². The second-order valence-corrected chi connectivity index (χ2v) is 5.73. The standard InChI is InChI=1S/C12H12ClFN2OS/c1-8-11(12(13)16(2)15-8)7-18(17)10-5-3-4-9(14)6-10/h3-6H,7H2,1-2H3. The summed E-state index contributed by atoms with van der Waals surface area (Å²) >= 11 is 6.07. The van der Waals surface area contributed by atoms with Crippen molar-refractivity contribution in [3.05, 3.63) is 46.5 Å². The highest BCUT2D eigenvalue weighted by Crippen LogP contribution is 2.22. The molecule has 0 radical (unpaired) electrons. The van der Waals surface area contributed by atoms with Gasteiger partial charge in [0.25, 0.3) is 0 Å². The molecule has 0 aliphatic carbocycles. The van der Waals surface area contributed by atoms with Crippen molar-refractivity contribution in [1.29, 1.82) is 0 Å². The molecule has 6 heteroatoms. The van der Waals surface area contributed by atoms with Gasteiger partial charge in [-0.15, -0.1) is 0 Å². The number of halogens is 2. The van der Waals surface area contributed by atoms with Crippen molar-refractivity contribution in [3.63, 3.8) is 0 Å². The minimum absolute atomic E-state index is 0.238. The van der Waals surface area contributed by atoms with Gasteiger partial charge in [-0.2, -0.15) is 5.10 Å². The van der Waals surface area contributed by atoms with Gasteiger partial charge in [-0.3, -0.25) is 8.89 Å². The van der Waals surface area contributed by atoms with Crippen LogP contribution < -0.4 is 0 Å². The Morgan fingerprint density at radius 2 is 2.22 bits per heavy atom. The number of hydrogen-bond donors (Lipinski definition) is 0.